The summed E-state index contributed by atoms with van der Waals surface area (Å²) in [6.07, 6.45) is 9.88. The highest BCUT2D eigenvalue weighted by Crippen LogP contribution is 2.39. The number of aromatic nitrogens is 2. The van der Waals surface area contributed by atoms with E-state index in [1.54, 1.807) is 12.1 Å². The van der Waals surface area contributed by atoms with Crippen LogP contribution in [0.3, 0.4) is 0 Å². The Morgan fingerprint density at radius 1 is 1.31 bits per heavy atom. The van der Waals surface area contributed by atoms with Gasteiger partial charge >= 0.3 is 0 Å². The van der Waals surface area contributed by atoms with Gasteiger partial charge in [0.2, 0.25) is 5.91 Å². The van der Waals surface area contributed by atoms with Crippen LogP contribution in [0.15, 0.2) is 36.9 Å². The van der Waals surface area contributed by atoms with Gasteiger partial charge < -0.3 is 15.3 Å². The van der Waals surface area contributed by atoms with Gasteiger partial charge in [0.15, 0.2) is 0 Å². The summed E-state index contributed by atoms with van der Waals surface area (Å²) in [6, 6.07) is 5.37. The van der Waals surface area contributed by atoms with Crippen molar-refractivity contribution >= 4 is 17.5 Å². The normalized spacial score (nSPS) is 15.9. The maximum absolute atomic E-state index is 12.7. The van der Waals surface area contributed by atoms with Crippen LogP contribution in [0.4, 0.5) is 0 Å². The van der Waals surface area contributed by atoms with Crippen molar-refractivity contribution in [3.8, 4) is 5.75 Å². The lowest BCUT2D eigenvalue weighted by molar-refractivity contribution is -0.121. The maximum Gasteiger partial charge on any atom is 0.220 e. The predicted octanol–water partition coefficient (Wildman–Crippen LogP) is 3.40. The van der Waals surface area contributed by atoms with E-state index in [1.807, 2.05) is 32.6 Å². The van der Waals surface area contributed by atoms with Crippen molar-refractivity contribution in [3.63, 3.8) is 0 Å². The Labute approximate surface area is 177 Å². The largest absolute Gasteiger partial charge is 0.506 e. The molecule has 0 unspecified atom stereocenters. The summed E-state index contributed by atoms with van der Waals surface area (Å²) in [5, 5.41) is 13.0. The average molecular weight is 417 g/mol. The zero-order valence-corrected chi connectivity index (χ0v) is 17.8. The van der Waals surface area contributed by atoms with Crippen molar-refractivity contribution in [1.82, 2.24) is 20.2 Å². The van der Waals surface area contributed by atoms with Crippen molar-refractivity contribution in [1.29, 1.82) is 0 Å². The monoisotopic (exact) mass is 416 g/mol. The first-order chi connectivity index (χ1) is 13.9. The number of phenolic OH excluding ortho intramolecular Hbond substituents is 1. The van der Waals surface area contributed by atoms with Gasteiger partial charge in [-0.25, -0.2) is 9.97 Å². The molecule has 0 radical (unpaired) electrons. The average Bonchev–Trinajstić information content (AvgIpc) is 3.52. The van der Waals surface area contributed by atoms with Crippen molar-refractivity contribution in [2.45, 2.75) is 44.1 Å². The summed E-state index contributed by atoms with van der Waals surface area (Å²) in [4.78, 5) is 23.0. The SMILES string of the molecule is CN(C)[C@H](CNC(=O)C[C@H](CC1CC1)c1cncnc1)Cc1ccc(O)c(Cl)c1. The number of phenols is 1. The van der Waals surface area contributed by atoms with Crippen molar-refractivity contribution in [2.24, 2.45) is 5.92 Å². The minimum Gasteiger partial charge on any atom is -0.506 e. The third kappa shape index (κ3) is 6.68. The summed E-state index contributed by atoms with van der Waals surface area (Å²) >= 11 is 6.02. The fourth-order valence-electron chi connectivity index (χ4n) is 3.53. The molecule has 2 N–H and O–H groups in total. The van der Waals surface area contributed by atoms with Gasteiger partial charge in [-0.15, -0.1) is 0 Å². The van der Waals surface area contributed by atoms with E-state index in [0.29, 0.717) is 18.0 Å². The molecule has 0 saturated heterocycles. The van der Waals surface area contributed by atoms with Crippen molar-refractivity contribution < 1.29 is 9.90 Å². The van der Waals surface area contributed by atoms with E-state index in [1.165, 1.54) is 19.2 Å². The van der Waals surface area contributed by atoms with Crippen molar-refractivity contribution in [3.05, 3.63) is 53.1 Å². The first kappa shape index (κ1) is 21.5. The highest BCUT2D eigenvalue weighted by Gasteiger charge is 2.28. The Morgan fingerprint density at radius 2 is 2.03 bits per heavy atom. The van der Waals surface area contributed by atoms with Gasteiger partial charge in [-0.05, 0) is 62.0 Å². The van der Waals surface area contributed by atoms with E-state index in [9.17, 15) is 9.90 Å². The van der Waals surface area contributed by atoms with E-state index in [4.69, 9.17) is 11.6 Å². The molecule has 2 aromatic rings. The lowest BCUT2D eigenvalue weighted by Crippen LogP contribution is -2.41. The molecule has 0 bridgehead atoms. The molecule has 1 aliphatic rings. The smallest absolute Gasteiger partial charge is 0.220 e. The molecule has 156 valence electrons. The molecule has 6 nitrogen and oxygen atoms in total. The van der Waals surface area contributed by atoms with Crippen LogP contribution in [0.5, 0.6) is 5.75 Å². The zero-order chi connectivity index (χ0) is 20.8. The summed E-state index contributed by atoms with van der Waals surface area (Å²) in [5.41, 5.74) is 2.06. The van der Waals surface area contributed by atoms with E-state index in [0.717, 1.165) is 29.9 Å². The number of likely N-dealkylation sites (N-methyl/N-ethyl adjacent to an activating group) is 1. The van der Waals surface area contributed by atoms with Gasteiger partial charge in [0, 0.05) is 31.4 Å². The van der Waals surface area contributed by atoms with Gasteiger partial charge in [0.25, 0.3) is 0 Å². The Balaban J connectivity index is 1.56. The number of halogens is 1. The second-order valence-electron chi connectivity index (χ2n) is 8.16. The number of nitrogens with one attached hydrogen (secondary N) is 1. The maximum atomic E-state index is 12.7. The molecule has 7 heteroatoms. The topological polar surface area (TPSA) is 78.4 Å². The van der Waals surface area contributed by atoms with Crippen LogP contribution >= 0.6 is 11.6 Å². The number of aromatic hydroxyl groups is 1. The second kappa shape index (κ2) is 10.0. The Bertz CT molecular complexity index is 812. The molecular weight excluding hydrogens is 388 g/mol. The number of benzene rings is 1. The summed E-state index contributed by atoms with van der Waals surface area (Å²) in [6.45, 7) is 0.547. The van der Waals surface area contributed by atoms with Gasteiger partial charge in [-0.2, -0.15) is 0 Å². The van der Waals surface area contributed by atoms with Crippen LogP contribution in [0, 0.1) is 5.92 Å². The number of hydrogen-bond acceptors (Lipinski definition) is 5. The van der Waals surface area contributed by atoms with E-state index >= 15 is 0 Å². The minimum atomic E-state index is 0.0510. The number of carbonyl (C=O) groups is 1. The first-order valence-electron chi connectivity index (χ1n) is 10.1. The highest BCUT2D eigenvalue weighted by atomic mass is 35.5. The van der Waals surface area contributed by atoms with Crippen LogP contribution < -0.4 is 5.32 Å². The lowest BCUT2D eigenvalue weighted by atomic mass is 9.92. The number of nitrogens with zero attached hydrogens (tertiary/aromatic N) is 3. The molecule has 1 saturated carbocycles. The number of carbonyl (C=O) groups excluding carboxylic acids is 1. The molecule has 2 atom stereocenters. The summed E-state index contributed by atoms with van der Waals surface area (Å²) < 4.78 is 0. The number of hydrogen-bond donors (Lipinski definition) is 2. The molecule has 1 fully saturated rings. The highest BCUT2D eigenvalue weighted by molar-refractivity contribution is 6.32. The third-order valence-electron chi connectivity index (χ3n) is 5.55. The van der Waals surface area contributed by atoms with E-state index < -0.39 is 0 Å². The number of amides is 1. The molecule has 1 amide bonds. The van der Waals surface area contributed by atoms with Crippen molar-refractivity contribution in [2.75, 3.05) is 20.6 Å². The van der Waals surface area contributed by atoms with Gasteiger partial charge in [0.05, 0.1) is 5.02 Å². The molecule has 1 heterocycles. The van der Waals surface area contributed by atoms with Gasteiger partial charge in [-0.1, -0.05) is 30.5 Å². The molecule has 1 aliphatic carbocycles. The predicted molar refractivity (Wildman–Crippen MR) is 114 cm³/mol. The van der Waals surface area contributed by atoms with Gasteiger partial charge in [0.1, 0.15) is 12.1 Å². The Kier molecular flexibility index (Phi) is 7.45. The fraction of sp³-hybridized carbons (Fsp3) is 0.500. The van der Waals surface area contributed by atoms with Crippen LogP contribution in [-0.2, 0) is 11.2 Å². The van der Waals surface area contributed by atoms with Crippen LogP contribution in [0.1, 0.15) is 42.7 Å². The molecule has 1 aromatic heterocycles. The Hall–Kier alpha value is -2.18. The summed E-state index contributed by atoms with van der Waals surface area (Å²) in [5.74, 6) is 1.02. The third-order valence-corrected chi connectivity index (χ3v) is 5.85. The fourth-order valence-corrected chi connectivity index (χ4v) is 3.73. The molecule has 0 spiro atoms. The van der Waals surface area contributed by atoms with Crippen LogP contribution in [-0.4, -0.2) is 52.6 Å². The standard InChI is InChI=1S/C22H29ClN4O2/c1-27(2)19(8-16-5-6-21(28)20(23)9-16)13-26-22(29)10-17(7-15-3-4-15)18-11-24-14-25-12-18/h5-6,9,11-12,14-15,17,19,28H,3-4,7-8,10,13H2,1-2H3,(H,26,29)/t17-,19-/m0/s1. The first-order valence-corrected chi connectivity index (χ1v) is 10.5. The zero-order valence-electron chi connectivity index (χ0n) is 17.0. The van der Waals surface area contributed by atoms with E-state index in [2.05, 4.69) is 20.2 Å². The molecule has 29 heavy (non-hydrogen) atoms. The van der Waals surface area contributed by atoms with Crippen LogP contribution in [0.25, 0.3) is 0 Å². The van der Waals surface area contributed by atoms with Gasteiger partial charge in [-0.3, -0.25) is 4.79 Å². The molecule has 1 aromatic carbocycles. The molecular formula is C22H29ClN4O2. The Morgan fingerprint density at radius 3 is 2.66 bits per heavy atom. The van der Waals surface area contributed by atoms with E-state index in [-0.39, 0.29) is 23.6 Å². The van der Waals surface area contributed by atoms with Crippen LogP contribution in [0.2, 0.25) is 5.02 Å². The molecule has 3 rings (SSSR count). The quantitative estimate of drug-likeness (QED) is 0.620. The lowest BCUT2D eigenvalue weighted by Gasteiger charge is -2.25. The minimum absolute atomic E-state index is 0.0510. The second-order valence-corrected chi connectivity index (χ2v) is 8.57. The number of rotatable bonds is 10. The molecule has 0 aliphatic heterocycles. The summed E-state index contributed by atoms with van der Waals surface area (Å²) in [7, 11) is 3.99.